The number of hydrogen-bond donors (Lipinski definition) is 15. The molecule has 5 heterocycles. The van der Waals surface area contributed by atoms with Gasteiger partial charge in [0.05, 0.1) is 52.3 Å². The van der Waals surface area contributed by atoms with Crippen LogP contribution in [0.2, 0.25) is 0 Å². The fourth-order valence-electron chi connectivity index (χ4n) is 10.1. The number of aliphatic hydroxyl groups excluding tert-OH is 12. The molecule has 0 bridgehead atoms. The van der Waals surface area contributed by atoms with Crippen molar-refractivity contribution in [2.75, 3.05) is 41.2 Å². The quantitative estimate of drug-likeness (QED) is 0.0224. The van der Waals surface area contributed by atoms with Gasteiger partial charge in [-0.2, -0.15) is 0 Å². The molecule has 31 nitrogen and oxygen atoms in total. The highest BCUT2D eigenvalue weighted by Crippen LogP contribution is 2.46. The number of benzene rings is 4. The lowest BCUT2D eigenvalue weighted by Crippen LogP contribution is -2.62. The predicted octanol–water partition coefficient (Wildman–Crippen LogP) is -1.56. The molecule has 1 aromatic heterocycles. The molecule has 31 heteroatoms. The average molecular weight is 1290 g/mol. The summed E-state index contributed by atoms with van der Waals surface area (Å²) < 4.78 is 79.2. The van der Waals surface area contributed by atoms with E-state index in [1.165, 1.54) is 101 Å². The van der Waals surface area contributed by atoms with Crippen molar-refractivity contribution in [3.8, 4) is 63.1 Å². The number of ether oxygens (including phenoxy) is 13. The van der Waals surface area contributed by atoms with Crippen LogP contribution in [-0.4, -0.2) is 253 Å². The van der Waals surface area contributed by atoms with Crippen LogP contribution in [0.15, 0.2) is 89.4 Å². The van der Waals surface area contributed by atoms with Crippen molar-refractivity contribution in [1.29, 1.82) is 0 Å². The van der Waals surface area contributed by atoms with Crippen molar-refractivity contribution in [2.24, 2.45) is 0 Å². The number of methoxy groups -OCH3 is 3. The lowest BCUT2D eigenvalue weighted by molar-refractivity contribution is -0.319. The van der Waals surface area contributed by atoms with Crippen LogP contribution in [-0.2, 0) is 42.7 Å². The van der Waals surface area contributed by atoms with Gasteiger partial charge in [0.2, 0.25) is 30.4 Å². The van der Waals surface area contributed by atoms with Crippen LogP contribution in [0.4, 0.5) is 0 Å². The number of rotatable bonds is 21. The van der Waals surface area contributed by atoms with E-state index in [0.717, 1.165) is 24.3 Å². The molecule has 20 atom stereocenters. The van der Waals surface area contributed by atoms with Crippen LogP contribution in [0, 0.1) is 0 Å². The third-order valence-electron chi connectivity index (χ3n) is 15.2. The van der Waals surface area contributed by atoms with E-state index in [9.17, 15) is 86.2 Å². The van der Waals surface area contributed by atoms with Crippen LogP contribution in [0.1, 0.15) is 18.1 Å². The van der Waals surface area contributed by atoms with Gasteiger partial charge < -0.3 is 138 Å². The Hall–Kier alpha value is -7.77. The number of carbonyl (C=O) groups excluding carboxylic acids is 2. The van der Waals surface area contributed by atoms with Crippen molar-refractivity contribution in [2.45, 2.75) is 130 Å². The molecule has 4 aliphatic rings. The highest BCUT2D eigenvalue weighted by atomic mass is 16.7. The maximum atomic E-state index is 13.1. The smallest absolute Gasteiger partial charge is 0.402 e. The molecular formula is C60H69O31+. The van der Waals surface area contributed by atoms with Gasteiger partial charge >= 0.3 is 23.3 Å². The molecule has 0 unspecified atom stereocenters. The number of hydrogen-bond acceptors (Lipinski definition) is 30. The second kappa shape index (κ2) is 29.2. The zero-order valence-electron chi connectivity index (χ0n) is 48.6. The second-order valence-corrected chi connectivity index (χ2v) is 21.3. The van der Waals surface area contributed by atoms with Crippen LogP contribution in [0.25, 0.3) is 34.4 Å². The summed E-state index contributed by atoms with van der Waals surface area (Å²) in [5.74, 6) is -3.64. The Kier molecular flexibility index (Phi) is 21.7. The summed E-state index contributed by atoms with van der Waals surface area (Å²) in [5, 5.41) is 161. The van der Waals surface area contributed by atoms with Gasteiger partial charge in [0, 0.05) is 36.4 Å². The largest absolute Gasteiger partial charge is 0.507 e. The van der Waals surface area contributed by atoms with E-state index < -0.39 is 166 Å². The summed E-state index contributed by atoms with van der Waals surface area (Å²) >= 11 is 0. The van der Waals surface area contributed by atoms with Gasteiger partial charge in [-0.25, -0.2) is 14.0 Å². The topological polar surface area (TPSA) is 469 Å². The molecule has 0 amide bonds. The Bertz CT molecular complexity index is 3350. The Labute approximate surface area is 515 Å². The first-order chi connectivity index (χ1) is 43.4. The minimum Gasteiger partial charge on any atom is -0.507 e. The molecule has 4 saturated heterocycles. The van der Waals surface area contributed by atoms with Crippen molar-refractivity contribution >= 4 is 35.1 Å². The number of fused-ring (bicyclic) bond motifs is 1. The first-order valence-electron chi connectivity index (χ1n) is 28.0. The molecule has 4 aromatic carbocycles. The molecule has 4 aliphatic heterocycles. The molecular weight excluding hydrogens is 1220 g/mol. The molecule has 0 radical (unpaired) electrons. The molecule has 0 saturated carbocycles. The standard InChI is InChI=1S/C60H68O31/c1-24-55(91-42(65)14-8-25-5-10-29(11-6-25)84-58-51(74)48(71)45(68)39(89-58)22-81-41(64)13-9-26-7-12-31(63)34(15-26)78-2)50(73)54(77)57(83-24)82-23-40-46(69)49(72)53(76)60(90-40)87-37-20-30-32(85-56(37)27-16-35(79-3)43(66)36(17-27)80-4)18-28(62)19-33(30)86-59-52(75)47(70)44(67)38(21-61)88-59/h5-20,24,38-40,44-55,57-61,67-77H,21-23H2,1-4H3,(H2-,62,63,64,66)/p+1/b14-8+/t24-,38+,39+,40+,44+,45+,46+,47-,48-,49-,50-,51+,52+,53+,54+,55-,57+,58+,59+,60+/m0/s1. The van der Waals surface area contributed by atoms with E-state index in [1.807, 2.05) is 0 Å². The van der Waals surface area contributed by atoms with Crippen molar-refractivity contribution < 1.29 is 152 Å². The van der Waals surface area contributed by atoms with Gasteiger partial charge in [-0.3, -0.25) is 0 Å². The van der Waals surface area contributed by atoms with E-state index in [4.69, 9.17) is 66.0 Å². The highest BCUT2D eigenvalue weighted by molar-refractivity contribution is 5.90. The minimum atomic E-state index is -2.04. The van der Waals surface area contributed by atoms with Gasteiger partial charge in [0.15, 0.2) is 35.4 Å². The number of carbonyl (C=O) groups is 2. The summed E-state index contributed by atoms with van der Waals surface area (Å²) in [5.41, 5.74) is 0.831. The lowest BCUT2D eigenvalue weighted by Gasteiger charge is -2.42. The molecule has 5 aromatic rings. The van der Waals surface area contributed by atoms with E-state index >= 15 is 0 Å². The lowest BCUT2D eigenvalue weighted by atomic mass is 9.98. The molecule has 91 heavy (non-hydrogen) atoms. The Morgan fingerprint density at radius 2 is 1.04 bits per heavy atom. The van der Waals surface area contributed by atoms with E-state index in [2.05, 4.69) is 0 Å². The molecule has 15 N–H and O–H groups in total. The molecule has 0 aliphatic carbocycles. The monoisotopic (exact) mass is 1290 g/mol. The number of phenolic OH excluding ortho intramolecular Hbond substituents is 3. The van der Waals surface area contributed by atoms with Gasteiger partial charge in [-0.1, -0.05) is 18.2 Å². The normalized spacial score (nSPS) is 31.9. The number of aromatic hydroxyl groups is 3. The van der Waals surface area contributed by atoms with Gasteiger partial charge in [0.1, 0.15) is 115 Å². The third-order valence-corrected chi connectivity index (χ3v) is 15.2. The SMILES string of the molecule is COc1cc(C=CC(=O)OC[C@H]2O[C@@H](Oc3ccc(/C=C/C(=O)O[C@@H]4[C@@H](O)[C@@H](O)[C@H](OC[C@H]5O[C@@H](Oc6cc7c(O[C@@H]8O[C@H](CO)[C@@H](O)[C@H](O)[C@H]8O)cc(O)cc7[o+]c6-c6cc(OC)c(O)c(OC)c6)[C@H](O)[C@@H](O)[C@@H]5O)O[C@H]4C)cc3)[C@H](O)[C@@H](O)[C@@H]2O)ccc1O. The van der Waals surface area contributed by atoms with E-state index in [0.29, 0.717) is 11.1 Å². The van der Waals surface area contributed by atoms with Gasteiger partial charge in [-0.05, 0) is 54.5 Å². The number of phenols is 3. The first kappa shape index (κ1) is 67.6. The summed E-state index contributed by atoms with van der Waals surface area (Å²) in [4.78, 5) is 25.6. The summed E-state index contributed by atoms with van der Waals surface area (Å²) in [6.45, 7) is -0.671. The minimum absolute atomic E-state index is 0.0530. The van der Waals surface area contributed by atoms with Crippen molar-refractivity contribution in [3.63, 3.8) is 0 Å². The second-order valence-electron chi connectivity index (χ2n) is 21.3. The number of esters is 2. The third kappa shape index (κ3) is 15.1. The molecule has 9 rings (SSSR count). The summed E-state index contributed by atoms with van der Waals surface area (Å²) in [6.07, 6.45) is -29.5. The Morgan fingerprint density at radius 3 is 1.65 bits per heavy atom. The predicted molar refractivity (Wildman–Crippen MR) is 304 cm³/mol. The van der Waals surface area contributed by atoms with Crippen LogP contribution < -0.4 is 28.4 Å². The summed E-state index contributed by atoms with van der Waals surface area (Å²) in [7, 11) is 3.86. The van der Waals surface area contributed by atoms with E-state index in [-0.39, 0.29) is 62.5 Å². The first-order valence-corrected chi connectivity index (χ1v) is 28.0. The average Bonchev–Trinajstić information content (AvgIpc) is 0.852. The van der Waals surface area contributed by atoms with Gasteiger partial charge in [0.25, 0.3) is 0 Å². The van der Waals surface area contributed by atoms with E-state index in [1.54, 1.807) is 0 Å². The fraction of sp³-hybridized carbons (Fsp3) is 0.450. The Morgan fingerprint density at radius 1 is 0.516 bits per heavy atom. The van der Waals surface area contributed by atoms with Crippen LogP contribution >= 0.6 is 0 Å². The van der Waals surface area contributed by atoms with Crippen LogP contribution in [0.3, 0.4) is 0 Å². The van der Waals surface area contributed by atoms with Crippen molar-refractivity contribution in [1.82, 2.24) is 0 Å². The molecule has 0 spiro atoms. The van der Waals surface area contributed by atoms with Crippen molar-refractivity contribution in [3.05, 3.63) is 96.1 Å². The maximum Gasteiger partial charge on any atom is 0.402 e. The summed E-state index contributed by atoms with van der Waals surface area (Å²) in [6, 6.07) is 16.3. The zero-order valence-corrected chi connectivity index (χ0v) is 48.6. The Balaban J connectivity index is 0.821. The molecule has 494 valence electrons. The zero-order chi connectivity index (χ0) is 65.7. The van der Waals surface area contributed by atoms with Gasteiger partial charge in [-0.15, -0.1) is 0 Å². The molecule has 4 fully saturated rings. The maximum absolute atomic E-state index is 13.1. The van der Waals surface area contributed by atoms with Crippen LogP contribution in [0.5, 0.6) is 51.7 Å². The highest BCUT2D eigenvalue weighted by Gasteiger charge is 2.51. The number of aliphatic hydroxyl groups is 12. The fourth-order valence-corrected chi connectivity index (χ4v) is 10.1.